The van der Waals surface area contributed by atoms with E-state index in [1.807, 2.05) is 18.3 Å². The summed E-state index contributed by atoms with van der Waals surface area (Å²) >= 11 is 0. The highest BCUT2D eigenvalue weighted by atomic mass is 15.3. The molecule has 2 aromatic heterocycles. The van der Waals surface area contributed by atoms with E-state index in [0.29, 0.717) is 12.0 Å². The summed E-state index contributed by atoms with van der Waals surface area (Å²) in [5, 5.41) is 23.0. The van der Waals surface area contributed by atoms with Crippen LogP contribution in [-0.2, 0) is 0 Å². The van der Waals surface area contributed by atoms with Crippen molar-refractivity contribution >= 4 is 5.95 Å². The zero-order chi connectivity index (χ0) is 19.7. The van der Waals surface area contributed by atoms with Crippen molar-refractivity contribution in [1.82, 2.24) is 35.9 Å². The summed E-state index contributed by atoms with van der Waals surface area (Å²) in [5.41, 5.74) is 4.84. The van der Waals surface area contributed by atoms with E-state index in [1.165, 1.54) is 0 Å². The van der Waals surface area contributed by atoms with Crippen molar-refractivity contribution < 1.29 is 0 Å². The molecule has 0 bridgehead atoms. The Morgan fingerprint density at radius 2 is 2.00 bits per heavy atom. The zero-order valence-corrected chi connectivity index (χ0v) is 16.8. The van der Waals surface area contributed by atoms with Crippen LogP contribution in [0.2, 0.25) is 0 Å². The number of hydrogen-bond donors (Lipinski definition) is 2. The predicted octanol–water partition coefficient (Wildman–Crippen LogP) is 2.60. The van der Waals surface area contributed by atoms with Gasteiger partial charge in [-0.15, -0.1) is 15.3 Å². The topological polar surface area (TPSA) is 95.5 Å². The smallest absolute Gasteiger partial charge is 0.245 e. The Morgan fingerprint density at radius 3 is 2.64 bits per heavy atom. The van der Waals surface area contributed by atoms with E-state index in [-0.39, 0.29) is 5.54 Å². The highest BCUT2D eigenvalue weighted by Gasteiger charge is 2.27. The van der Waals surface area contributed by atoms with Gasteiger partial charge in [-0.05, 0) is 45.7 Å². The Hall–Kier alpha value is -2.87. The Bertz CT molecular complexity index is 928. The van der Waals surface area contributed by atoms with Crippen LogP contribution < -0.4 is 10.2 Å². The molecule has 1 unspecified atom stereocenters. The van der Waals surface area contributed by atoms with Crippen LogP contribution in [0.4, 0.5) is 5.95 Å². The molecule has 3 aromatic rings. The summed E-state index contributed by atoms with van der Waals surface area (Å²) in [6, 6.07) is 6.57. The second-order valence-corrected chi connectivity index (χ2v) is 8.36. The number of aromatic amines is 1. The average molecular weight is 378 g/mol. The Balaban J connectivity index is 1.48. The minimum Gasteiger partial charge on any atom is -0.338 e. The van der Waals surface area contributed by atoms with Crippen LogP contribution >= 0.6 is 0 Å². The zero-order valence-electron chi connectivity index (χ0n) is 16.8. The molecule has 146 valence electrons. The van der Waals surface area contributed by atoms with Crippen LogP contribution in [-0.4, -0.2) is 55.3 Å². The van der Waals surface area contributed by atoms with Gasteiger partial charge in [-0.1, -0.05) is 17.3 Å². The predicted molar refractivity (Wildman–Crippen MR) is 109 cm³/mol. The summed E-state index contributed by atoms with van der Waals surface area (Å²) in [6.45, 7) is 10.5. The van der Waals surface area contributed by atoms with Gasteiger partial charge in [0.15, 0.2) is 0 Å². The summed E-state index contributed by atoms with van der Waals surface area (Å²) in [6.07, 6.45) is 4.68. The highest BCUT2D eigenvalue weighted by Crippen LogP contribution is 2.26. The number of aryl methyl sites for hydroxylation is 1. The van der Waals surface area contributed by atoms with Crippen LogP contribution in [0.5, 0.6) is 0 Å². The van der Waals surface area contributed by atoms with Gasteiger partial charge in [-0.3, -0.25) is 5.10 Å². The molecule has 0 radical (unpaired) electrons. The van der Waals surface area contributed by atoms with E-state index >= 15 is 0 Å². The van der Waals surface area contributed by atoms with Gasteiger partial charge in [0.1, 0.15) is 11.4 Å². The fourth-order valence-corrected chi connectivity index (χ4v) is 3.66. The average Bonchev–Trinajstić information content (AvgIpc) is 3.32. The first-order chi connectivity index (χ1) is 13.4. The highest BCUT2D eigenvalue weighted by molar-refractivity contribution is 5.69. The maximum Gasteiger partial charge on any atom is 0.245 e. The molecule has 1 aliphatic heterocycles. The standard InChI is InChI=1S/C20H26N8/c1-13-9-14(17-11-22-27-25-17)5-6-16(13)18-10-21-19(26-24-18)28-8-7-15(12-28)23-20(2,3)4/h5-6,9-11,15,23H,7-8,12H2,1-4H3,(H,22,25,27). The van der Waals surface area contributed by atoms with Crippen LogP contribution in [0.25, 0.3) is 22.5 Å². The SMILES string of the molecule is Cc1cc(-c2c[nH]nn2)ccc1-c1cnc(N2CCC(NC(C)(C)C)C2)nn1. The molecule has 0 aliphatic carbocycles. The van der Waals surface area contributed by atoms with Gasteiger partial charge in [0.25, 0.3) is 0 Å². The van der Waals surface area contributed by atoms with E-state index in [4.69, 9.17) is 0 Å². The Kier molecular flexibility index (Phi) is 4.80. The Labute approximate surface area is 164 Å². The van der Waals surface area contributed by atoms with Gasteiger partial charge in [-0.25, -0.2) is 4.98 Å². The minimum atomic E-state index is 0.110. The molecule has 1 fully saturated rings. The van der Waals surface area contributed by atoms with Gasteiger partial charge >= 0.3 is 0 Å². The van der Waals surface area contributed by atoms with E-state index in [9.17, 15) is 0 Å². The largest absolute Gasteiger partial charge is 0.338 e. The molecule has 28 heavy (non-hydrogen) atoms. The molecular weight excluding hydrogens is 352 g/mol. The van der Waals surface area contributed by atoms with Crippen molar-refractivity contribution in [2.24, 2.45) is 0 Å². The molecule has 0 spiro atoms. The third-order valence-corrected chi connectivity index (χ3v) is 4.87. The maximum absolute atomic E-state index is 4.58. The van der Waals surface area contributed by atoms with E-state index in [2.05, 4.69) is 74.6 Å². The molecule has 0 saturated carbocycles. The first-order valence-corrected chi connectivity index (χ1v) is 9.59. The van der Waals surface area contributed by atoms with Crippen LogP contribution in [0.3, 0.4) is 0 Å². The van der Waals surface area contributed by atoms with Crippen LogP contribution in [0.15, 0.2) is 30.6 Å². The van der Waals surface area contributed by atoms with E-state index < -0.39 is 0 Å². The number of benzene rings is 1. The summed E-state index contributed by atoms with van der Waals surface area (Å²) < 4.78 is 0. The lowest BCUT2D eigenvalue weighted by molar-refractivity contribution is 0.373. The fourth-order valence-electron chi connectivity index (χ4n) is 3.66. The molecule has 8 nitrogen and oxygen atoms in total. The molecule has 1 aromatic carbocycles. The number of nitrogens with one attached hydrogen (secondary N) is 2. The lowest BCUT2D eigenvalue weighted by Gasteiger charge is -2.25. The van der Waals surface area contributed by atoms with Crippen molar-refractivity contribution in [2.45, 2.75) is 45.7 Å². The quantitative estimate of drug-likeness (QED) is 0.720. The number of hydrogen-bond acceptors (Lipinski definition) is 7. The van der Waals surface area contributed by atoms with Gasteiger partial charge < -0.3 is 10.2 Å². The normalized spacial score (nSPS) is 17.3. The molecule has 0 amide bonds. The van der Waals surface area contributed by atoms with Crippen molar-refractivity contribution in [3.8, 4) is 22.5 Å². The first-order valence-electron chi connectivity index (χ1n) is 9.59. The molecule has 3 heterocycles. The van der Waals surface area contributed by atoms with Crippen LogP contribution in [0, 0.1) is 6.92 Å². The van der Waals surface area contributed by atoms with Crippen molar-refractivity contribution in [3.05, 3.63) is 36.2 Å². The molecule has 1 saturated heterocycles. The number of aromatic nitrogens is 6. The summed E-state index contributed by atoms with van der Waals surface area (Å²) in [4.78, 5) is 6.77. The molecular formula is C20H26N8. The second-order valence-electron chi connectivity index (χ2n) is 8.36. The van der Waals surface area contributed by atoms with Crippen LogP contribution in [0.1, 0.15) is 32.8 Å². The lowest BCUT2D eigenvalue weighted by atomic mass is 10.0. The van der Waals surface area contributed by atoms with Crippen molar-refractivity contribution in [3.63, 3.8) is 0 Å². The fraction of sp³-hybridized carbons (Fsp3) is 0.450. The minimum absolute atomic E-state index is 0.110. The maximum atomic E-state index is 4.58. The van der Waals surface area contributed by atoms with Gasteiger partial charge in [0.2, 0.25) is 5.95 Å². The van der Waals surface area contributed by atoms with Gasteiger partial charge in [0.05, 0.1) is 6.20 Å². The molecule has 1 aliphatic rings. The molecule has 1 atom stereocenters. The van der Waals surface area contributed by atoms with Gasteiger partial charge in [0, 0.05) is 42.0 Å². The number of anilines is 1. The number of H-pyrrole nitrogens is 1. The monoisotopic (exact) mass is 378 g/mol. The van der Waals surface area contributed by atoms with Crippen molar-refractivity contribution in [1.29, 1.82) is 0 Å². The summed E-state index contributed by atoms with van der Waals surface area (Å²) in [7, 11) is 0. The van der Waals surface area contributed by atoms with E-state index in [0.717, 1.165) is 47.6 Å². The number of rotatable bonds is 4. The van der Waals surface area contributed by atoms with E-state index in [1.54, 1.807) is 6.20 Å². The lowest BCUT2D eigenvalue weighted by Crippen LogP contribution is -2.45. The molecule has 8 heteroatoms. The third kappa shape index (κ3) is 4.01. The Morgan fingerprint density at radius 1 is 1.14 bits per heavy atom. The number of nitrogens with zero attached hydrogens (tertiary/aromatic N) is 6. The third-order valence-electron chi connectivity index (χ3n) is 4.87. The second kappa shape index (κ2) is 7.27. The molecule has 2 N–H and O–H groups in total. The summed E-state index contributed by atoms with van der Waals surface area (Å²) in [5.74, 6) is 0.693. The first kappa shape index (κ1) is 18.5. The molecule has 4 rings (SSSR count). The van der Waals surface area contributed by atoms with Gasteiger partial charge in [-0.2, -0.15) is 0 Å². The van der Waals surface area contributed by atoms with Crippen molar-refractivity contribution in [2.75, 3.05) is 18.0 Å².